The monoisotopic (exact) mass is 234 g/mol. The highest BCUT2D eigenvalue weighted by Crippen LogP contribution is 2.36. The standard InChI is InChI=1S/C15H22O2/c1-12-14(2,3)11-16-15(4,17-12)10-13-8-6-5-7-9-13/h5-9,12H,10-11H2,1-4H3/t12-,15-/m0/s1. The van der Waals surface area contributed by atoms with Crippen LogP contribution in [0.25, 0.3) is 0 Å². The molecule has 1 aliphatic heterocycles. The third-order valence-corrected chi connectivity index (χ3v) is 3.64. The highest BCUT2D eigenvalue weighted by atomic mass is 16.7. The van der Waals surface area contributed by atoms with E-state index in [-0.39, 0.29) is 11.5 Å². The van der Waals surface area contributed by atoms with Crippen LogP contribution in [0.4, 0.5) is 0 Å². The van der Waals surface area contributed by atoms with Gasteiger partial charge >= 0.3 is 0 Å². The van der Waals surface area contributed by atoms with E-state index in [1.807, 2.05) is 13.0 Å². The van der Waals surface area contributed by atoms with Gasteiger partial charge in [-0.05, 0) is 19.4 Å². The Balaban J connectivity index is 2.07. The lowest BCUT2D eigenvalue weighted by Crippen LogP contribution is -2.51. The van der Waals surface area contributed by atoms with Gasteiger partial charge in [0.25, 0.3) is 0 Å². The molecule has 1 saturated heterocycles. The van der Waals surface area contributed by atoms with Gasteiger partial charge in [-0.15, -0.1) is 0 Å². The summed E-state index contributed by atoms with van der Waals surface area (Å²) >= 11 is 0. The summed E-state index contributed by atoms with van der Waals surface area (Å²) in [7, 11) is 0. The fourth-order valence-corrected chi connectivity index (χ4v) is 2.08. The number of ether oxygens (including phenoxy) is 2. The van der Waals surface area contributed by atoms with Crippen molar-refractivity contribution in [1.82, 2.24) is 0 Å². The van der Waals surface area contributed by atoms with Crippen LogP contribution in [0.15, 0.2) is 30.3 Å². The summed E-state index contributed by atoms with van der Waals surface area (Å²) in [5.41, 5.74) is 1.35. The first-order valence-electron chi connectivity index (χ1n) is 6.27. The molecule has 0 amide bonds. The third-order valence-electron chi connectivity index (χ3n) is 3.64. The van der Waals surface area contributed by atoms with Crippen molar-refractivity contribution in [3.05, 3.63) is 35.9 Å². The predicted molar refractivity (Wildman–Crippen MR) is 68.8 cm³/mol. The molecular formula is C15H22O2. The second-order valence-corrected chi connectivity index (χ2v) is 5.83. The fraction of sp³-hybridized carbons (Fsp3) is 0.600. The molecule has 0 saturated carbocycles. The predicted octanol–water partition coefficient (Wildman–Crippen LogP) is 3.41. The van der Waals surface area contributed by atoms with E-state index < -0.39 is 5.79 Å². The van der Waals surface area contributed by atoms with Gasteiger partial charge in [0.2, 0.25) is 0 Å². The molecule has 2 nitrogen and oxygen atoms in total. The first kappa shape index (κ1) is 12.6. The summed E-state index contributed by atoms with van der Waals surface area (Å²) in [4.78, 5) is 0. The lowest BCUT2D eigenvalue weighted by Gasteiger charge is -2.46. The van der Waals surface area contributed by atoms with Crippen LogP contribution in [0.3, 0.4) is 0 Å². The van der Waals surface area contributed by atoms with E-state index in [4.69, 9.17) is 9.47 Å². The van der Waals surface area contributed by atoms with Gasteiger partial charge in [-0.3, -0.25) is 0 Å². The molecule has 2 rings (SSSR count). The van der Waals surface area contributed by atoms with E-state index in [1.54, 1.807) is 0 Å². The maximum absolute atomic E-state index is 6.07. The van der Waals surface area contributed by atoms with E-state index in [1.165, 1.54) is 5.56 Å². The molecule has 1 aromatic rings. The average Bonchev–Trinajstić information content (AvgIpc) is 2.26. The summed E-state index contributed by atoms with van der Waals surface area (Å²) in [5, 5.41) is 0. The SMILES string of the molecule is C[C@@H]1O[C@@](C)(Cc2ccccc2)OCC1(C)C. The molecule has 94 valence electrons. The lowest BCUT2D eigenvalue weighted by atomic mass is 9.86. The Morgan fingerprint density at radius 3 is 2.41 bits per heavy atom. The molecule has 0 N–H and O–H groups in total. The van der Waals surface area contributed by atoms with Crippen LogP contribution in [-0.2, 0) is 15.9 Å². The molecule has 1 aromatic carbocycles. The molecular weight excluding hydrogens is 212 g/mol. The van der Waals surface area contributed by atoms with Gasteiger partial charge in [-0.25, -0.2) is 0 Å². The van der Waals surface area contributed by atoms with Gasteiger partial charge in [-0.1, -0.05) is 44.2 Å². The Bertz CT molecular complexity index is 372. The zero-order chi connectivity index (χ0) is 12.5. The zero-order valence-electron chi connectivity index (χ0n) is 11.2. The van der Waals surface area contributed by atoms with E-state index in [0.29, 0.717) is 0 Å². The van der Waals surface area contributed by atoms with Crippen molar-refractivity contribution in [2.45, 2.75) is 46.0 Å². The quantitative estimate of drug-likeness (QED) is 0.780. The summed E-state index contributed by atoms with van der Waals surface area (Å²) in [6.45, 7) is 9.27. The van der Waals surface area contributed by atoms with Gasteiger partial charge in [0.15, 0.2) is 5.79 Å². The Kier molecular flexibility index (Phi) is 3.28. The largest absolute Gasteiger partial charge is 0.349 e. The van der Waals surface area contributed by atoms with Gasteiger partial charge in [0, 0.05) is 11.8 Å². The fourth-order valence-electron chi connectivity index (χ4n) is 2.08. The average molecular weight is 234 g/mol. The highest BCUT2D eigenvalue weighted by molar-refractivity contribution is 5.16. The molecule has 0 aromatic heterocycles. The minimum atomic E-state index is -0.490. The van der Waals surface area contributed by atoms with Crippen LogP contribution in [0, 0.1) is 5.41 Å². The second kappa shape index (κ2) is 4.43. The normalized spacial score (nSPS) is 32.4. The lowest BCUT2D eigenvalue weighted by molar-refractivity contribution is -0.315. The number of hydrogen-bond acceptors (Lipinski definition) is 2. The van der Waals surface area contributed by atoms with Crippen LogP contribution in [0.5, 0.6) is 0 Å². The van der Waals surface area contributed by atoms with Gasteiger partial charge in [0.05, 0.1) is 12.7 Å². The number of rotatable bonds is 2. The van der Waals surface area contributed by atoms with Crippen molar-refractivity contribution >= 4 is 0 Å². The number of hydrogen-bond donors (Lipinski definition) is 0. The molecule has 0 spiro atoms. The maximum atomic E-state index is 6.07. The van der Waals surface area contributed by atoms with Gasteiger partial charge < -0.3 is 9.47 Å². The maximum Gasteiger partial charge on any atom is 0.169 e. The van der Waals surface area contributed by atoms with Crippen molar-refractivity contribution in [2.75, 3.05) is 6.61 Å². The van der Waals surface area contributed by atoms with Crippen LogP contribution in [0.2, 0.25) is 0 Å². The highest BCUT2D eigenvalue weighted by Gasteiger charge is 2.41. The molecule has 0 radical (unpaired) electrons. The van der Waals surface area contributed by atoms with Crippen LogP contribution in [0.1, 0.15) is 33.3 Å². The Morgan fingerprint density at radius 1 is 1.18 bits per heavy atom. The number of benzene rings is 1. The molecule has 1 aliphatic rings. The minimum Gasteiger partial charge on any atom is -0.349 e. The molecule has 0 unspecified atom stereocenters. The molecule has 2 heteroatoms. The first-order chi connectivity index (χ1) is 7.91. The van der Waals surface area contributed by atoms with Crippen LogP contribution >= 0.6 is 0 Å². The summed E-state index contributed by atoms with van der Waals surface area (Å²) < 4.78 is 12.0. The van der Waals surface area contributed by atoms with Gasteiger partial charge in [-0.2, -0.15) is 0 Å². The van der Waals surface area contributed by atoms with Crippen molar-refractivity contribution < 1.29 is 9.47 Å². The summed E-state index contributed by atoms with van der Waals surface area (Å²) in [5.74, 6) is -0.490. The molecule has 1 fully saturated rings. The first-order valence-corrected chi connectivity index (χ1v) is 6.27. The molecule has 2 atom stereocenters. The van der Waals surface area contributed by atoms with Crippen molar-refractivity contribution in [2.24, 2.45) is 5.41 Å². The van der Waals surface area contributed by atoms with E-state index in [0.717, 1.165) is 13.0 Å². The van der Waals surface area contributed by atoms with E-state index in [9.17, 15) is 0 Å². The van der Waals surface area contributed by atoms with Crippen LogP contribution in [-0.4, -0.2) is 18.5 Å². The topological polar surface area (TPSA) is 18.5 Å². The minimum absolute atomic E-state index is 0.0935. The third kappa shape index (κ3) is 2.88. The van der Waals surface area contributed by atoms with Crippen LogP contribution < -0.4 is 0 Å². The van der Waals surface area contributed by atoms with E-state index >= 15 is 0 Å². The van der Waals surface area contributed by atoms with Crippen molar-refractivity contribution in [3.8, 4) is 0 Å². The van der Waals surface area contributed by atoms with Crippen molar-refractivity contribution in [3.63, 3.8) is 0 Å². The molecule has 1 heterocycles. The Morgan fingerprint density at radius 2 is 1.82 bits per heavy atom. The summed E-state index contributed by atoms with van der Waals surface area (Å²) in [6, 6.07) is 10.4. The van der Waals surface area contributed by atoms with E-state index in [2.05, 4.69) is 45.0 Å². The molecule has 17 heavy (non-hydrogen) atoms. The second-order valence-electron chi connectivity index (χ2n) is 5.83. The van der Waals surface area contributed by atoms with Gasteiger partial charge in [0.1, 0.15) is 0 Å². The summed E-state index contributed by atoms with van der Waals surface area (Å²) in [6.07, 6.45) is 1.01. The molecule has 0 aliphatic carbocycles. The smallest absolute Gasteiger partial charge is 0.169 e. The molecule has 0 bridgehead atoms. The zero-order valence-corrected chi connectivity index (χ0v) is 11.2. The van der Waals surface area contributed by atoms with Crippen molar-refractivity contribution in [1.29, 1.82) is 0 Å². The Hall–Kier alpha value is -0.860. The Labute approximate surface area is 104 Å².